The number of carbonyl (C=O) groups excluding carboxylic acids is 1. The summed E-state index contributed by atoms with van der Waals surface area (Å²) < 4.78 is 6.30. The van der Waals surface area contributed by atoms with Gasteiger partial charge in [0.25, 0.3) is 0 Å². The Morgan fingerprint density at radius 1 is 1.10 bits per heavy atom. The van der Waals surface area contributed by atoms with Gasteiger partial charge in [-0.05, 0) is 47.5 Å². The molecule has 0 saturated carbocycles. The predicted molar refractivity (Wildman–Crippen MR) is 87.6 cm³/mol. The fourth-order valence-corrected chi connectivity index (χ4v) is 2.65. The van der Waals surface area contributed by atoms with Gasteiger partial charge in [-0.25, -0.2) is 0 Å². The zero-order valence-corrected chi connectivity index (χ0v) is 14.2. The van der Waals surface area contributed by atoms with Crippen molar-refractivity contribution in [3.05, 3.63) is 28.2 Å². The second-order valence-electron chi connectivity index (χ2n) is 5.02. The van der Waals surface area contributed by atoms with Gasteiger partial charge in [0.1, 0.15) is 5.75 Å². The van der Waals surface area contributed by atoms with E-state index in [1.54, 1.807) is 0 Å². The maximum Gasteiger partial charge on any atom is 0.162 e. The molecular formula is C17H25BrO2. The van der Waals surface area contributed by atoms with Gasteiger partial charge in [-0.2, -0.15) is 0 Å². The minimum atomic E-state index is 0.226. The lowest BCUT2D eigenvalue weighted by atomic mass is 10.0. The van der Waals surface area contributed by atoms with E-state index in [9.17, 15) is 4.79 Å². The Kier molecular flexibility index (Phi) is 8.59. The average molecular weight is 341 g/mol. The van der Waals surface area contributed by atoms with E-state index in [2.05, 4.69) is 22.9 Å². The molecule has 0 saturated heterocycles. The minimum Gasteiger partial charge on any atom is -0.493 e. The Balaban J connectivity index is 2.38. The molecule has 0 radical (unpaired) electrons. The topological polar surface area (TPSA) is 26.3 Å². The van der Waals surface area contributed by atoms with Crippen LogP contribution in [0, 0.1) is 0 Å². The molecular weight excluding hydrogens is 316 g/mol. The van der Waals surface area contributed by atoms with Crippen LogP contribution in [0.3, 0.4) is 0 Å². The Bertz CT molecular complexity index is 415. The van der Waals surface area contributed by atoms with Gasteiger partial charge in [0, 0.05) is 12.0 Å². The summed E-state index contributed by atoms with van der Waals surface area (Å²) in [7, 11) is 0. The molecule has 0 aromatic heterocycles. The van der Waals surface area contributed by atoms with Crippen molar-refractivity contribution in [2.24, 2.45) is 0 Å². The fraction of sp³-hybridized carbons (Fsp3) is 0.588. The second kappa shape index (κ2) is 9.98. The summed E-state index contributed by atoms with van der Waals surface area (Å²) in [5.74, 6) is 1.02. The number of hydrogen-bond acceptors (Lipinski definition) is 2. The molecule has 1 aromatic carbocycles. The molecule has 0 aliphatic heterocycles. The van der Waals surface area contributed by atoms with Crippen LogP contribution in [0.25, 0.3) is 0 Å². The third-order valence-electron chi connectivity index (χ3n) is 3.31. The van der Waals surface area contributed by atoms with E-state index in [4.69, 9.17) is 4.74 Å². The summed E-state index contributed by atoms with van der Waals surface area (Å²) in [6.07, 6.45) is 7.90. The molecule has 2 nitrogen and oxygen atoms in total. The third-order valence-corrected chi connectivity index (χ3v) is 3.93. The smallest absolute Gasteiger partial charge is 0.162 e. The molecule has 0 N–H and O–H groups in total. The van der Waals surface area contributed by atoms with E-state index in [1.165, 1.54) is 25.7 Å². The Labute approximate surface area is 131 Å². The Morgan fingerprint density at radius 2 is 1.80 bits per heavy atom. The predicted octanol–water partition coefficient (Wildman–Crippen LogP) is 5.78. The van der Waals surface area contributed by atoms with Crippen molar-refractivity contribution < 1.29 is 9.53 Å². The summed E-state index contributed by atoms with van der Waals surface area (Å²) in [6.45, 7) is 4.79. The third kappa shape index (κ3) is 6.08. The highest BCUT2D eigenvalue weighted by Crippen LogP contribution is 2.26. The molecule has 0 heterocycles. The first-order valence-electron chi connectivity index (χ1n) is 7.64. The largest absolute Gasteiger partial charge is 0.493 e. The van der Waals surface area contributed by atoms with E-state index in [0.29, 0.717) is 13.0 Å². The standard InChI is InChI=1S/C17H25BrO2/c1-3-5-6-7-8-9-10-16(19)14-11-12-17(20-4-2)15(18)13-14/h11-13H,3-10H2,1-2H3. The number of benzene rings is 1. The van der Waals surface area contributed by atoms with Crippen LogP contribution in [0.2, 0.25) is 0 Å². The van der Waals surface area contributed by atoms with Crippen LogP contribution >= 0.6 is 15.9 Å². The number of carbonyl (C=O) groups is 1. The van der Waals surface area contributed by atoms with Crippen LogP contribution in [0.15, 0.2) is 22.7 Å². The van der Waals surface area contributed by atoms with Crippen LogP contribution in [-0.4, -0.2) is 12.4 Å². The number of ether oxygens (including phenoxy) is 1. The molecule has 3 heteroatoms. The van der Waals surface area contributed by atoms with Crippen molar-refractivity contribution in [1.82, 2.24) is 0 Å². The van der Waals surface area contributed by atoms with Gasteiger partial charge in [-0.15, -0.1) is 0 Å². The first-order chi connectivity index (χ1) is 9.69. The molecule has 0 aliphatic carbocycles. The normalized spacial score (nSPS) is 10.6. The first kappa shape index (κ1) is 17.2. The van der Waals surface area contributed by atoms with Gasteiger partial charge in [-0.3, -0.25) is 4.79 Å². The summed E-state index contributed by atoms with van der Waals surface area (Å²) >= 11 is 3.45. The lowest BCUT2D eigenvalue weighted by molar-refractivity contribution is 0.0979. The molecule has 1 aromatic rings. The molecule has 1 rings (SSSR count). The highest BCUT2D eigenvalue weighted by Gasteiger charge is 2.09. The van der Waals surface area contributed by atoms with Crippen molar-refractivity contribution >= 4 is 21.7 Å². The average Bonchev–Trinajstić information content (AvgIpc) is 2.45. The van der Waals surface area contributed by atoms with Crippen LogP contribution < -0.4 is 4.74 Å². The van der Waals surface area contributed by atoms with E-state index < -0.39 is 0 Å². The van der Waals surface area contributed by atoms with Crippen molar-refractivity contribution in [1.29, 1.82) is 0 Å². The highest BCUT2D eigenvalue weighted by molar-refractivity contribution is 9.10. The van der Waals surface area contributed by atoms with Crippen LogP contribution in [0.1, 0.15) is 69.2 Å². The molecule has 20 heavy (non-hydrogen) atoms. The Morgan fingerprint density at radius 3 is 2.45 bits per heavy atom. The van der Waals surface area contributed by atoms with Crippen molar-refractivity contribution in [2.75, 3.05) is 6.61 Å². The van der Waals surface area contributed by atoms with Crippen molar-refractivity contribution in [3.8, 4) is 5.75 Å². The lowest BCUT2D eigenvalue weighted by Crippen LogP contribution is -2.00. The first-order valence-corrected chi connectivity index (χ1v) is 8.43. The van der Waals surface area contributed by atoms with E-state index >= 15 is 0 Å². The van der Waals surface area contributed by atoms with E-state index in [0.717, 1.165) is 28.6 Å². The number of unbranched alkanes of at least 4 members (excludes halogenated alkanes) is 5. The second-order valence-corrected chi connectivity index (χ2v) is 5.87. The maximum atomic E-state index is 12.1. The summed E-state index contributed by atoms with van der Waals surface area (Å²) in [5, 5.41) is 0. The van der Waals surface area contributed by atoms with Crippen LogP contribution in [0.5, 0.6) is 5.75 Å². The number of hydrogen-bond donors (Lipinski definition) is 0. The van der Waals surface area contributed by atoms with Gasteiger partial charge in [0.15, 0.2) is 5.78 Å². The number of ketones is 1. The quantitative estimate of drug-likeness (QED) is 0.398. The summed E-state index contributed by atoms with van der Waals surface area (Å²) in [4.78, 5) is 12.1. The van der Waals surface area contributed by atoms with Gasteiger partial charge in [-0.1, -0.05) is 39.0 Å². The highest BCUT2D eigenvalue weighted by atomic mass is 79.9. The molecule has 0 aliphatic rings. The summed E-state index contributed by atoms with van der Waals surface area (Å²) in [5.41, 5.74) is 0.772. The molecule has 112 valence electrons. The number of Topliss-reactive ketones (excluding diaryl/α,β-unsaturated/α-hetero) is 1. The molecule has 0 atom stereocenters. The molecule has 0 unspecified atom stereocenters. The fourth-order valence-electron chi connectivity index (χ4n) is 2.16. The number of halogens is 1. The number of rotatable bonds is 10. The Hall–Kier alpha value is -0.830. The summed E-state index contributed by atoms with van der Waals surface area (Å²) in [6, 6.07) is 5.58. The van der Waals surface area contributed by atoms with Crippen LogP contribution in [-0.2, 0) is 0 Å². The van der Waals surface area contributed by atoms with Crippen LogP contribution in [0.4, 0.5) is 0 Å². The monoisotopic (exact) mass is 340 g/mol. The van der Waals surface area contributed by atoms with E-state index in [1.807, 2.05) is 25.1 Å². The molecule has 0 bridgehead atoms. The van der Waals surface area contributed by atoms with Gasteiger partial charge >= 0.3 is 0 Å². The minimum absolute atomic E-state index is 0.226. The maximum absolute atomic E-state index is 12.1. The van der Waals surface area contributed by atoms with Gasteiger partial charge < -0.3 is 4.74 Å². The molecule has 0 fully saturated rings. The lowest BCUT2D eigenvalue weighted by Gasteiger charge is -2.07. The zero-order valence-electron chi connectivity index (χ0n) is 12.6. The van der Waals surface area contributed by atoms with E-state index in [-0.39, 0.29) is 5.78 Å². The van der Waals surface area contributed by atoms with Crippen molar-refractivity contribution in [3.63, 3.8) is 0 Å². The molecule has 0 spiro atoms. The zero-order chi connectivity index (χ0) is 14.8. The van der Waals surface area contributed by atoms with Gasteiger partial charge in [0.05, 0.1) is 11.1 Å². The van der Waals surface area contributed by atoms with Crippen molar-refractivity contribution in [2.45, 2.75) is 58.8 Å². The SMILES string of the molecule is CCCCCCCCC(=O)c1ccc(OCC)c(Br)c1. The van der Waals surface area contributed by atoms with Gasteiger partial charge in [0.2, 0.25) is 0 Å². The molecule has 0 amide bonds.